The average molecular weight is 331 g/mol. The molecule has 120 valence electrons. The summed E-state index contributed by atoms with van der Waals surface area (Å²) in [6.07, 6.45) is 0. The molecule has 0 aromatic heterocycles. The first kappa shape index (κ1) is 16.2. The molecule has 0 saturated carbocycles. The summed E-state index contributed by atoms with van der Waals surface area (Å²) in [4.78, 5) is 12.8. The van der Waals surface area contributed by atoms with Crippen molar-refractivity contribution in [3.05, 3.63) is 90.5 Å². The van der Waals surface area contributed by atoms with Gasteiger partial charge in [0.2, 0.25) is 0 Å². The summed E-state index contributed by atoms with van der Waals surface area (Å²) in [5.41, 5.74) is 1.58. The standard InChI is InChI=1S/C21H21NOSi/c1-24(2,18-13-7-4-8-14-18)20-16-10-9-15-19(20)21(23)22-17-11-5-3-6-12-17/h3-16H,1-2H3,(H,22,23). The molecule has 0 aliphatic heterocycles. The van der Waals surface area contributed by atoms with Crippen molar-refractivity contribution in [2.45, 2.75) is 13.1 Å². The number of amides is 1. The van der Waals surface area contributed by atoms with E-state index < -0.39 is 8.07 Å². The Labute approximate surface area is 144 Å². The maximum Gasteiger partial charge on any atom is 0.255 e. The van der Waals surface area contributed by atoms with Crippen molar-refractivity contribution in [3.8, 4) is 0 Å². The number of rotatable bonds is 4. The van der Waals surface area contributed by atoms with Crippen molar-refractivity contribution >= 4 is 30.0 Å². The van der Waals surface area contributed by atoms with Crippen LogP contribution in [0.3, 0.4) is 0 Å². The van der Waals surface area contributed by atoms with Crippen molar-refractivity contribution in [1.29, 1.82) is 0 Å². The molecule has 0 aliphatic carbocycles. The van der Waals surface area contributed by atoms with Crippen LogP contribution in [0.2, 0.25) is 13.1 Å². The number of hydrogen-bond donors (Lipinski definition) is 1. The van der Waals surface area contributed by atoms with Crippen molar-refractivity contribution in [1.82, 2.24) is 0 Å². The summed E-state index contributed by atoms with van der Waals surface area (Å²) in [6, 6.07) is 28.0. The maximum absolute atomic E-state index is 12.8. The van der Waals surface area contributed by atoms with E-state index in [0.29, 0.717) is 0 Å². The van der Waals surface area contributed by atoms with E-state index in [4.69, 9.17) is 0 Å². The topological polar surface area (TPSA) is 29.1 Å². The second-order valence-electron chi connectivity index (χ2n) is 6.36. The third kappa shape index (κ3) is 3.31. The molecule has 1 N–H and O–H groups in total. The molecule has 3 rings (SSSR count). The number of carbonyl (C=O) groups is 1. The fraction of sp³-hybridized carbons (Fsp3) is 0.0952. The molecule has 0 spiro atoms. The van der Waals surface area contributed by atoms with Gasteiger partial charge in [-0.2, -0.15) is 0 Å². The van der Waals surface area contributed by atoms with E-state index in [1.807, 2.05) is 54.6 Å². The Bertz CT molecular complexity index is 829. The second kappa shape index (κ2) is 6.85. The maximum atomic E-state index is 12.8. The Balaban J connectivity index is 1.98. The normalized spacial score (nSPS) is 11.1. The Kier molecular flexibility index (Phi) is 4.63. The average Bonchev–Trinajstić information content (AvgIpc) is 2.63. The molecule has 3 aromatic rings. The second-order valence-corrected chi connectivity index (χ2v) is 10.7. The molecule has 0 heterocycles. The highest BCUT2D eigenvalue weighted by molar-refractivity contribution is 7.01. The minimum absolute atomic E-state index is 0.0479. The van der Waals surface area contributed by atoms with Gasteiger partial charge in [0.25, 0.3) is 5.91 Å². The first-order valence-corrected chi connectivity index (χ1v) is 11.1. The highest BCUT2D eigenvalue weighted by Crippen LogP contribution is 2.12. The lowest BCUT2D eigenvalue weighted by molar-refractivity contribution is 0.102. The predicted molar refractivity (Wildman–Crippen MR) is 104 cm³/mol. The van der Waals surface area contributed by atoms with E-state index in [0.717, 1.165) is 16.4 Å². The van der Waals surface area contributed by atoms with Crippen LogP contribution in [0.1, 0.15) is 10.4 Å². The fourth-order valence-corrected chi connectivity index (χ4v) is 5.68. The summed E-state index contributed by atoms with van der Waals surface area (Å²) >= 11 is 0. The molecule has 0 saturated heterocycles. The summed E-state index contributed by atoms with van der Waals surface area (Å²) in [5, 5.41) is 5.49. The number of carbonyl (C=O) groups excluding carboxylic acids is 1. The van der Waals surface area contributed by atoms with E-state index in [-0.39, 0.29) is 5.91 Å². The van der Waals surface area contributed by atoms with Crippen LogP contribution in [-0.2, 0) is 0 Å². The van der Waals surface area contributed by atoms with Gasteiger partial charge >= 0.3 is 0 Å². The smallest absolute Gasteiger partial charge is 0.255 e. The van der Waals surface area contributed by atoms with Gasteiger partial charge in [-0.3, -0.25) is 4.79 Å². The van der Waals surface area contributed by atoms with E-state index in [2.05, 4.69) is 48.7 Å². The van der Waals surface area contributed by atoms with Gasteiger partial charge < -0.3 is 5.32 Å². The van der Waals surface area contributed by atoms with Gasteiger partial charge in [0.15, 0.2) is 0 Å². The van der Waals surface area contributed by atoms with Crippen LogP contribution in [0, 0.1) is 0 Å². The van der Waals surface area contributed by atoms with Crippen molar-refractivity contribution in [2.75, 3.05) is 5.32 Å². The first-order chi connectivity index (χ1) is 11.6. The molecule has 0 unspecified atom stereocenters. The number of para-hydroxylation sites is 1. The Morgan fingerprint density at radius 2 is 1.29 bits per heavy atom. The lowest BCUT2D eigenvalue weighted by Gasteiger charge is -2.26. The molecule has 0 aliphatic rings. The van der Waals surface area contributed by atoms with Crippen LogP contribution < -0.4 is 15.7 Å². The highest BCUT2D eigenvalue weighted by Gasteiger charge is 2.29. The van der Waals surface area contributed by atoms with Crippen molar-refractivity contribution < 1.29 is 4.79 Å². The van der Waals surface area contributed by atoms with Gasteiger partial charge in [-0.1, -0.05) is 85.0 Å². The van der Waals surface area contributed by atoms with Crippen LogP contribution in [0.25, 0.3) is 0 Å². The SMILES string of the molecule is C[Si](C)(c1ccccc1)c1ccccc1C(=O)Nc1ccccc1. The zero-order valence-corrected chi connectivity index (χ0v) is 15.0. The number of anilines is 1. The molecule has 0 bridgehead atoms. The van der Waals surface area contributed by atoms with E-state index >= 15 is 0 Å². The first-order valence-electron chi connectivity index (χ1n) is 8.10. The van der Waals surface area contributed by atoms with Gasteiger partial charge in [0.1, 0.15) is 8.07 Å². The highest BCUT2D eigenvalue weighted by atomic mass is 28.3. The van der Waals surface area contributed by atoms with E-state index in [1.165, 1.54) is 5.19 Å². The van der Waals surface area contributed by atoms with Crippen molar-refractivity contribution in [3.63, 3.8) is 0 Å². The van der Waals surface area contributed by atoms with E-state index in [1.54, 1.807) is 0 Å². The number of benzene rings is 3. The van der Waals surface area contributed by atoms with Crippen LogP contribution in [0.5, 0.6) is 0 Å². The van der Waals surface area contributed by atoms with Gasteiger partial charge in [0, 0.05) is 11.3 Å². The van der Waals surface area contributed by atoms with Gasteiger partial charge in [0.05, 0.1) is 0 Å². The molecule has 0 atom stereocenters. The largest absolute Gasteiger partial charge is 0.322 e. The van der Waals surface area contributed by atoms with Gasteiger partial charge in [-0.05, 0) is 23.4 Å². The third-order valence-electron chi connectivity index (χ3n) is 4.37. The summed E-state index contributed by atoms with van der Waals surface area (Å²) in [7, 11) is -1.94. The van der Waals surface area contributed by atoms with E-state index in [9.17, 15) is 4.79 Å². The molecule has 0 radical (unpaired) electrons. The zero-order valence-electron chi connectivity index (χ0n) is 14.0. The number of hydrogen-bond acceptors (Lipinski definition) is 1. The van der Waals surface area contributed by atoms with Crippen molar-refractivity contribution in [2.24, 2.45) is 0 Å². The van der Waals surface area contributed by atoms with Crippen LogP contribution in [-0.4, -0.2) is 14.0 Å². The molecular weight excluding hydrogens is 310 g/mol. The van der Waals surface area contributed by atoms with Crippen LogP contribution in [0.15, 0.2) is 84.9 Å². The molecule has 3 heteroatoms. The Morgan fingerprint density at radius 3 is 1.96 bits per heavy atom. The molecule has 1 amide bonds. The summed E-state index contributed by atoms with van der Waals surface area (Å²) in [5.74, 6) is -0.0479. The number of nitrogens with one attached hydrogen (secondary N) is 1. The lowest BCUT2D eigenvalue weighted by atomic mass is 10.2. The predicted octanol–water partition coefficient (Wildman–Crippen LogP) is 3.76. The quantitative estimate of drug-likeness (QED) is 0.725. The molecule has 3 aromatic carbocycles. The molecule has 2 nitrogen and oxygen atoms in total. The Hall–Kier alpha value is -2.65. The summed E-state index contributed by atoms with van der Waals surface area (Å²) in [6.45, 7) is 4.58. The van der Waals surface area contributed by atoms with Crippen LogP contribution in [0.4, 0.5) is 5.69 Å². The van der Waals surface area contributed by atoms with Gasteiger partial charge in [-0.25, -0.2) is 0 Å². The minimum atomic E-state index is -1.94. The fourth-order valence-electron chi connectivity index (χ4n) is 2.96. The summed E-state index contributed by atoms with van der Waals surface area (Å²) < 4.78 is 0. The zero-order chi connectivity index (χ0) is 17.0. The molecular formula is C21H21NOSi. The van der Waals surface area contributed by atoms with Gasteiger partial charge in [-0.15, -0.1) is 0 Å². The molecule has 24 heavy (non-hydrogen) atoms. The lowest BCUT2D eigenvalue weighted by Crippen LogP contribution is -2.55. The monoisotopic (exact) mass is 331 g/mol. The minimum Gasteiger partial charge on any atom is -0.322 e. The Morgan fingerprint density at radius 1 is 0.750 bits per heavy atom. The van der Waals surface area contributed by atoms with Crippen LogP contribution >= 0.6 is 0 Å². The third-order valence-corrected chi connectivity index (χ3v) is 7.93. The molecule has 0 fully saturated rings.